The van der Waals surface area contributed by atoms with Crippen molar-refractivity contribution in [1.82, 2.24) is 5.32 Å². The van der Waals surface area contributed by atoms with E-state index in [1.54, 1.807) is 19.2 Å². The van der Waals surface area contributed by atoms with Crippen LogP contribution in [0.4, 0.5) is 10.5 Å². The standard InChI is InChI=1S/C25H16Br2Cl2N2O4/c1-35-22-10-13(9-19(27)16(22)11-14-4-2-3-5-18(14)26)8-17-23(32)30-25(34)31(24(17)33)15-6-7-20(28)21(29)12-15/h2-10,12H,11H2,1H3,(H,30,32,34)/b17-8+. The first kappa shape index (κ1) is 25.4. The lowest BCUT2D eigenvalue weighted by molar-refractivity contribution is -0.122. The Morgan fingerprint density at radius 3 is 2.40 bits per heavy atom. The van der Waals surface area contributed by atoms with E-state index in [0.29, 0.717) is 17.7 Å². The number of rotatable bonds is 5. The Morgan fingerprint density at radius 1 is 0.971 bits per heavy atom. The van der Waals surface area contributed by atoms with Gasteiger partial charge in [0, 0.05) is 20.9 Å². The molecule has 0 aromatic heterocycles. The number of imide groups is 2. The molecule has 4 amide bonds. The second kappa shape index (κ2) is 10.5. The number of carbonyl (C=O) groups excluding carboxylic acids is 3. The van der Waals surface area contributed by atoms with Crippen LogP contribution >= 0.6 is 55.1 Å². The van der Waals surface area contributed by atoms with Crippen molar-refractivity contribution in [2.24, 2.45) is 0 Å². The van der Waals surface area contributed by atoms with Crippen molar-refractivity contribution >= 4 is 84.7 Å². The maximum Gasteiger partial charge on any atom is 0.335 e. The van der Waals surface area contributed by atoms with Crippen LogP contribution in [-0.2, 0) is 16.0 Å². The van der Waals surface area contributed by atoms with Crippen molar-refractivity contribution in [3.63, 3.8) is 0 Å². The monoisotopic (exact) mass is 636 g/mol. The third-order valence-electron chi connectivity index (χ3n) is 5.30. The van der Waals surface area contributed by atoms with Gasteiger partial charge >= 0.3 is 6.03 Å². The van der Waals surface area contributed by atoms with E-state index in [0.717, 1.165) is 25.0 Å². The molecule has 1 heterocycles. The fourth-order valence-electron chi connectivity index (χ4n) is 3.58. The molecule has 0 unspecified atom stereocenters. The predicted octanol–water partition coefficient (Wildman–Crippen LogP) is 6.78. The first-order chi connectivity index (χ1) is 16.7. The molecule has 0 atom stereocenters. The lowest BCUT2D eigenvalue weighted by atomic mass is 10.0. The number of hydrogen-bond acceptors (Lipinski definition) is 4. The molecule has 178 valence electrons. The maximum atomic E-state index is 13.2. The van der Waals surface area contributed by atoms with E-state index in [4.69, 9.17) is 27.9 Å². The van der Waals surface area contributed by atoms with Gasteiger partial charge in [-0.25, -0.2) is 9.69 Å². The Balaban J connectivity index is 1.72. The molecule has 1 aliphatic rings. The average Bonchev–Trinajstić information content (AvgIpc) is 2.81. The number of methoxy groups -OCH3 is 1. The molecular formula is C25H16Br2Cl2N2O4. The average molecular weight is 639 g/mol. The molecule has 1 fully saturated rings. The highest BCUT2D eigenvalue weighted by Crippen LogP contribution is 2.34. The summed E-state index contributed by atoms with van der Waals surface area (Å²) >= 11 is 19.1. The van der Waals surface area contributed by atoms with Crippen LogP contribution in [0.2, 0.25) is 10.0 Å². The van der Waals surface area contributed by atoms with Crippen LogP contribution in [0.3, 0.4) is 0 Å². The molecule has 0 bridgehead atoms. The summed E-state index contributed by atoms with van der Waals surface area (Å²) in [7, 11) is 1.55. The molecule has 0 saturated carbocycles. The Kier molecular flexibility index (Phi) is 7.66. The Labute approximate surface area is 228 Å². The summed E-state index contributed by atoms with van der Waals surface area (Å²) in [4.78, 5) is 39.0. The van der Waals surface area contributed by atoms with Gasteiger partial charge in [-0.3, -0.25) is 14.9 Å². The van der Waals surface area contributed by atoms with Crippen molar-refractivity contribution < 1.29 is 19.1 Å². The van der Waals surface area contributed by atoms with Gasteiger partial charge < -0.3 is 4.74 Å². The van der Waals surface area contributed by atoms with E-state index in [-0.39, 0.29) is 21.3 Å². The van der Waals surface area contributed by atoms with Crippen molar-refractivity contribution in [3.05, 3.63) is 95.9 Å². The van der Waals surface area contributed by atoms with E-state index in [2.05, 4.69) is 37.2 Å². The number of hydrogen-bond donors (Lipinski definition) is 1. The number of benzene rings is 3. The lowest BCUT2D eigenvalue weighted by Gasteiger charge is -2.26. The van der Waals surface area contributed by atoms with Crippen molar-refractivity contribution in [2.45, 2.75) is 6.42 Å². The smallest absolute Gasteiger partial charge is 0.335 e. The highest BCUT2D eigenvalue weighted by Gasteiger charge is 2.37. The highest BCUT2D eigenvalue weighted by atomic mass is 79.9. The van der Waals surface area contributed by atoms with Crippen molar-refractivity contribution in [3.8, 4) is 5.75 Å². The molecule has 0 aliphatic carbocycles. The van der Waals surface area contributed by atoms with Gasteiger partial charge in [-0.05, 0) is 53.6 Å². The van der Waals surface area contributed by atoms with Gasteiger partial charge in [0.05, 0.1) is 22.8 Å². The van der Waals surface area contributed by atoms with Crippen LogP contribution in [-0.4, -0.2) is 25.0 Å². The minimum atomic E-state index is -0.877. The van der Waals surface area contributed by atoms with Crippen LogP contribution in [0.1, 0.15) is 16.7 Å². The zero-order valence-corrected chi connectivity index (χ0v) is 22.8. The molecule has 0 radical (unpaired) electrons. The van der Waals surface area contributed by atoms with Crippen LogP contribution in [0, 0.1) is 0 Å². The summed E-state index contributed by atoms with van der Waals surface area (Å²) in [6.45, 7) is 0. The Bertz CT molecular complexity index is 1410. The Hall–Kier alpha value is -2.65. The summed E-state index contributed by atoms with van der Waals surface area (Å²) in [5.41, 5.74) is 2.46. The highest BCUT2D eigenvalue weighted by molar-refractivity contribution is 9.10. The van der Waals surface area contributed by atoms with Gasteiger partial charge in [0.15, 0.2) is 0 Å². The normalized spacial score (nSPS) is 14.9. The molecule has 1 aliphatic heterocycles. The first-order valence-electron chi connectivity index (χ1n) is 10.2. The SMILES string of the molecule is COc1cc(/C=C2\C(=O)NC(=O)N(c3ccc(Cl)c(Cl)c3)C2=O)cc(Br)c1Cc1ccccc1Br. The van der Waals surface area contributed by atoms with Crippen LogP contribution in [0.5, 0.6) is 5.75 Å². The van der Waals surface area contributed by atoms with Gasteiger partial charge in [0.25, 0.3) is 11.8 Å². The fraction of sp³-hybridized carbons (Fsp3) is 0.0800. The Morgan fingerprint density at radius 2 is 1.71 bits per heavy atom. The van der Waals surface area contributed by atoms with Gasteiger partial charge in [-0.2, -0.15) is 0 Å². The molecule has 0 spiro atoms. The first-order valence-corrected chi connectivity index (χ1v) is 12.5. The van der Waals surface area contributed by atoms with E-state index >= 15 is 0 Å². The molecule has 10 heteroatoms. The fourth-order valence-corrected chi connectivity index (χ4v) is 4.90. The number of ether oxygens (including phenoxy) is 1. The topological polar surface area (TPSA) is 75.7 Å². The number of halogens is 4. The molecule has 35 heavy (non-hydrogen) atoms. The third kappa shape index (κ3) is 5.30. The van der Waals surface area contributed by atoms with E-state index < -0.39 is 17.8 Å². The quantitative estimate of drug-likeness (QED) is 0.247. The molecule has 3 aromatic rings. The zero-order valence-electron chi connectivity index (χ0n) is 18.1. The predicted molar refractivity (Wildman–Crippen MR) is 143 cm³/mol. The lowest BCUT2D eigenvalue weighted by Crippen LogP contribution is -2.54. The molecule has 3 aromatic carbocycles. The summed E-state index contributed by atoms with van der Waals surface area (Å²) in [6, 6.07) is 14.8. The van der Waals surface area contributed by atoms with E-state index in [9.17, 15) is 14.4 Å². The van der Waals surface area contributed by atoms with Gasteiger partial charge in [0.1, 0.15) is 11.3 Å². The number of anilines is 1. The number of carbonyl (C=O) groups is 3. The zero-order chi connectivity index (χ0) is 25.3. The molecule has 1 saturated heterocycles. The summed E-state index contributed by atoms with van der Waals surface area (Å²) < 4.78 is 7.31. The number of nitrogens with zero attached hydrogens (tertiary/aromatic N) is 1. The van der Waals surface area contributed by atoms with E-state index in [1.165, 1.54) is 24.3 Å². The van der Waals surface area contributed by atoms with Crippen molar-refractivity contribution in [2.75, 3.05) is 12.0 Å². The number of amides is 4. The van der Waals surface area contributed by atoms with Gasteiger partial charge in [-0.15, -0.1) is 0 Å². The molecular weight excluding hydrogens is 623 g/mol. The summed E-state index contributed by atoms with van der Waals surface area (Å²) in [5.74, 6) is -1.02. The van der Waals surface area contributed by atoms with Crippen LogP contribution in [0.25, 0.3) is 6.08 Å². The summed E-state index contributed by atoms with van der Waals surface area (Å²) in [5, 5.41) is 2.63. The van der Waals surface area contributed by atoms with E-state index in [1.807, 2.05) is 24.3 Å². The second-order valence-electron chi connectivity index (χ2n) is 7.51. The van der Waals surface area contributed by atoms with Crippen molar-refractivity contribution in [1.29, 1.82) is 0 Å². The van der Waals surface area contributed by atoms with Gasteiger partial charge in [-0.1, -0.05) is 73.3 Å². The molecule has 1 N–H and O–H groups in total. The molecule has 6 nitrogen and oxygen atoms in total. The minimum Gasteiger partial charge on any atom is -0.496 e. The number of nitrogens with one attached hydrogen (secondary N) is 1. The minimum absolute atomic E-state index is 0.168. The molecule has 4 rings (SSSR count). The van der Waals surface area contributed by atoms with Gasteiger partial charge in [0.2, 0.25) is 0 Å². The summed E-state index contributed by atoms with van der Waals surface area (Å²) in [6.07, 6.45) is 1.99. The van der Waals surface area contributed by atoms with Crippen LogP contribution < -0.4 is 15.0 Å². The van der Waals surface area contributed by atoms with Crippen LogP contribution in [0.15, 0.2) is 69.1 Å². The number of barbiturate groups is 1. The maximum absolute atomic E-state index is 13.2. The third-order valence-corrected chi connectivity index (χ3v) is 7.52. The largest absolute Gasteiger partial charge is 0.496 e. The second-order valence-corrected chi connectivity index (χ2v) is 10.0. The number of urea groups is 1.